The van der Waals surface area contributed by atoms with Gasteiger partial charge in [-0.25, -0.2) is 0 Å². The Labute approximate surface area is 147 Å². The van der Waals surface area contributed by atoms with Crippen LogP contribution in [0.2, 0.25) is 0 Å². The van der Waals surface area contributed by atoms with Gasteiger partial charge in [0.05, 0.1) is 12.1 Å². The predicted molar refractivity (Wildman–Crippen MR) is 93.0 cm³/mol. The molecule has 0 aromatic carbocycles. The van der Waals surface area contributed by atoms with Crippen molar-refractivity contribution in [3.8, 4) is 0 Å². The van der Waals surface area contributed by atoms with Crippen LogP contribution in [0.1, 0.15) is 60.2 Å². The fourth-order valence-corrected chi connectivity index (χ4v) is 2.66. The van der Waals surface area contributed by atoms with Gasteiger partial charge in [-0.1, -0.05) is 19.0 Å². The van der Waals surface area contributed by atoms with Crippen molar-refractivity contribution in [3.05, 3.63) is 47.6 Å². The minimum atomic E-state index is -0.287. The Hall–Kier alpha value is -2.70. The molecule has 1 N–H and O–H groups in total. The molecule has 0 atom stereocenters. The third-order valence-corrected chi connectivity index (χ3v) is 4.01. The Morgan fingerprint density at radius 1 is 1.28 bits per heavy atom. The van der Waals surface area contributed by atoms with Gasteiger partial charge in [0, 0.05) is 31.0 Å². The molecule has 25 heavy (non-hydrogen) atoms. The van der Waals surface area contributed by atoms with Crippen LogP contribution in [0.4, 0.5) is 0 Å². The predicted octanol–water partition coefficient (Wildman–Crippen LogP) is 2.65. The van der Waals surface area contributed by atoms with Crippen LogP contribution in [0.15, 0.2) is 35.1 Å². The first-order chi connectivity index (χ1) is 12.1. The molecule has 0 bridgehead atoms. The zero-order chi connectivity index (χ0) is 18.2. The van der Waals surface area contributed by atoms with E-state index >= 15 is 0 Å². The van der Waals surface area contributed by atoms with Gasteiger partial charge in [-0.2, -0.15) is 0 Å². The highest BCUT2D eigenvalue weighted by atomic mass is 16.5. The molecule has 0 aliphatic carbocycles. The molecule has 2 aromatic rings. The molecule has 0 fully saturated rings. The van der Waals surface area contributed by atoms with Crippen molar-refractivity contribution in [1.29, 1.82) is 0 Å². The summed E-state index contributed by atoms with van der Waals surface area (Å²) in [6, 6.07) is 5.12. The van der Waals surface area contributed by atoms with E-state index in [1.165, 1.54) is 0 Å². The molecule has 0 spiro atoms. The zero-order valence-corrected chi connectivity index (χ0v) is 14.9. The van der Waals surface area contributed by atoms with Crippen molar-refractivity contribution < 1.29 is 14.1 Å². The summed E-state index contributed by atoms with van der Waals surface area (Å²) in [6.07, 6.45) is 4.82. The standard InChI is InChI=1S/C18H24N4O3/c1-4-14(5-2)22(18(24)13-8-7-9-19-11-13)12-15-10-16(21-25-15)17(23)20-6-3/h7-11,14H,4-6,12H2,1-3H3,(H,20,23). The van der Waals surface area contributed by atoms with Gasteiger partial charge in [0.15, 0.2) is 11.5 Å². The summed E-state index contributed by atoms with van der Waals surface area (Å²) in [5.74, 6) is 0.0772. The molecule has 0 unspecified atom stereocenters. The molecule has 0 radical (unpaired) electrons. The number of pyridine rings is 1. The number of aromatic nitrogens is 2. The van der Waals surface area contributed by atoms with E-state index in [9.17, 15) is 9.59 Å². The second-order valence-corrected chi connectivity index (χ2v) is 5.68. The molecular formula is C18H24N4O3. The maximum absolute atomic E-state index is 12.9. The summed E-state index contributed by atoms with van der Waals surface area (Å²) >= 11 is 0. The number of amides is 2. The number of carbonyl (C=O) groups excluding carboxylic acids is 2. The van der Waals surface area contributed by atoms with E-state index in [0.29, 0.717) is 17.9 Å². The van der Waals surface area contributed by atoms with E-state index in [1.54, 1.807) is 35.5 Å². The lowest BCUT2D eigenvalue weighted by molar-refractivity contribution is 0.0627. The van der Waals surface area contributed by atoms with Gasteiger partial charge >= 0.3 is 0 Å². The topological polar surface area (TPSA) is 88.3 Å². The van der Waals surface area contributed by atoms with Crippen molar-refractivity contribution in [2.75, 3.05) is 6.54 Å². The van der Waals surface area contributed by atoms with Crippen LogP contribution in [0.3, 0.4) is 0 Å². The van der Waals surface area contributed by atoms with Gasteiger partial charge in [-0.05, 0) is 31.9 Å². The third-order valence-electron chi connectivity index (χ3n) is 4.01. The van der Waals surface area contributed by atoms with Crippen molar-refractivity contribution >= 4 is 11.8 Å². The van der Waals surface area contributed by atoms with Crippen LogP contribution in [0, 0.1) is 0 Å². The second-order valence-electron chi connectivity index (χ2n) is 5.68. The number of carbonyl (C=O) groups is 2. The van der Waals surface area contributed by atoms with Gasteiger partial charge in [0.2, 0.25) is 0 Å². The molecule has 134 valence electrons. The van der Waals surface area contributed by atoms with E-state index in [0.717, 1.165) is 12.8 Å². The van der Waals surface area contributed by atoms with E-state index in [1.807, 2.05) is 20.8 Å². The monoisotopic (exact) mass is 344 g/mol. The van der Waals surface area contributed by atoms with Crippen molar-refractivity contribution in [2.45, 2.75) is 46.2 Å². The molecule has 0 aliphatic rings. The van der Waals surface area contributed by atoms with Gasteiger partial charge in [0.1, 0.15) is 0 Å². The first-order valence-corrected chi connectivity index (χ1v) is 8.55. The minimum Gasteiger partial charge on any atom is -0.359 e. The van der Waals surface area contributed by atoms with Gasteiger partial charge in [-0.3, -0.25) is 14.6 Å². The minimum absolute atomic E-state index is 0.0609. The molecule has 0 aliphatic heterocycles. The summed E-state index contributed by atoms with van der Waals surface area (Å²) in [5.41, 5.74) is 0.744. The van der Waals surface area contributed by atoms with Crippen LogP contribution >= 0.6 is 0 Å². The highest BCUT2D eigenvalue weighted by Gasteiger charge is 2.25. The molecule has 7 nitrogen and oxygen atoms in total. The van der Waals surface area contributed by atoms with Crippen molar-refractivity contribution in [3.63, 3.8) is 0 Å². The molecule has 0 saturated carbocycles. The average molecular weight is 344 g/mol. The van der Waals surface area contributed by atoms with Gasteiger partial charge < -0.3 is 14.7 Å². The summed E-state index contributed by atoms with van der Waals surface area (Å²) in [4.78, 5) is 30.5. The van der Waals surface area contributed by atoms with Crippen LogP contribution in [-0.2, 0) is 6.54 Å². The van der Waals surface area contributed by atoms with Crippen LogP contribution < -0.4 is 5.32 Å². The maximum atomic E-state index is 12.9. The number of rotatable bonds is 8. The number of hydrogen-bond acceptors (Lipinski definition) is 5. The van der Waals surface area contributed by atoms with E-state index in [4.69, 9.17) is 4.52 Å². The van der Waals surface area contributed by atoms with E-state index in [-0.39, 0.29) is 30.1 Å². The summed E-state index contributed by atoms with van der Waals surface area (Å²) < 4.78 is 5.27. The number of hydrogen-bond donors (Lipinski definition) is 1. The average Bonchev–Trinajstić information content (AvgIpc) is 3.11. The third kappa shape index (κ3) is 4.65. The first kappa shape index (κ1) is 18.6. The maximum Gasteiger partial charge on any atom is 0.273 e. The van der Waals surface area contributed by atoms with Gasteiger partial charge in [-0.15, -0.1) is 0 Å². The molecule has 2 heterocycles. The molecule has 2 amide bonds. The summed E-state index contributed by atoms with van der Waals surface area (Å²) in [6.45, 7) is 6.68. The fraction of sp³-hybridized carbons (Fsp3) is 0.444. The quantitative estimate of drug-likeness (QED) is 0.795. The largest absolute Gasteiger partial charge is 0.359 e. The van der Waals surface area contributed by atoms with Crippen molar-refractivity contribution in [1.82, 2.24) is 20.4 Å². The Bertz CT molecular complexity index is 695. The highest BCUT2D eigenvalue weighted by Crippen LogP contribution is 2.18. The zero-order valence-electron chi connectivity index (χ0n) is 14.9. The van der Waals surface area contributed by atoms with Gasteiger partial charge in [0.25, 0.3) is 11.8 Å². The first-order valence-electron chi connectivity index (χ1n) is 8.55. The molecule has 2 aromatic heterocycles. The lowest BCUT2D eigenvalue weighted by Crippen LogP contribution is -2.39. The second kappa shape index (κ2) is 8.96. The Kier molecular flexibility index (Phi) is 6.68. The Balaban J connectivity index is 2.22. The SMILES string of the molecule is CCNC(=O)c1cc(CN(C(=O)c2cccnc2)C(CC)CC)on1. The van der Waals surface area contributed by atoms with E-state index < -0.39 is 0 Å². The number of nitrogens with zero attached hydrogens (tertiary/aromatic N) is 3. The molecule has 7 heteroatoms. The Morgan fingerprint density at radius 3 is 2.64 bits per heavy atom. The highest BCUT2D eigenvalue weighted by molar-refractivity contribution is 5.94. The van der Waals surface area contributed by atoms with Crippen LogP contribution in [0.25, 0.3) is 0 Å². The summed E-state index contributed by atoms with van der Waals surface area (Å²) in [7, 11) is 0. The molecular weight excluding hydrogens is 320 g/mol. The van der Waals surface area contributed by atoms with E-state index in [2.05, 4.69) is 15.5 Å². The lowest BCUT2D eigenvalue weighted by Gasteiger charge is -2.29. The van der Waals surface area contributed by atoms with Crippen LogP contribution in [-0.4, -0.2) is 39.4 Å². The molecule has 0 saturated heterocycles. The normalized spacial score (nSPS) is 10.7. The van der Waals surface area contributed by atoms with Crippen LogP contribution in [0.5, 0.6) is 0 Å². The lowest BCUT2D eigenvalue weighted by atomic mass is 10.1. The smallest absolute Gasteiger partial charge is 0.273 e. The number of nitrogens with one attached hydrogen (secondary N) is 1. The summed E-state index contributed by atoms with van der Waals surface area (Å²) in [5, 5.41) is 6.47. The fourth-order valence-electron chi connectivity index (χ4n) is 2.66. The Morgan fingerprint density at radius 2 is 2.04 bits per heavy atom. The molecule has 2 rings (SSSR count). The van der Waals surface area contributed by atoms with Crippen molar-refractivity contribution in [2.24, 2.45) is 0 Å².